The Labute approximate surface area is 110 Å². The van der Waals surface area contributed by atoms with E-state index in [0.29, 0.717) is 5.56 Å². The van der Waals surface area contributed by atoms with Crippen molar-refractivity contribution in [2.24, 2.45) is 0 Å². The van der Waals surface area contributed by atoms with Crippen molar-refractivity contribution in [3.05, 3.63) is 23.8 Å². The molecular formula is C12H17F2N3O2. The number of anilines is 2. The van der Waals surface area contributed by atoms with Crippen molar-refractivity contribution in [2.75, 3.05) is 38.3 Å². The van der Waals surface area contributed by atoms with Gasteiger partial charge in [0.25, 0.3) is 11.8 Å². The maximum atomic E-state index is 12.9. The lowest BCUT2D eigenvalue weighted by molar-refractivity contribution is -0.0372. The van der Waals surface area contributed by atoms with Crippen LogP contribution in [0.25, 0.3) is 0 Å². The number of hydrogen-bond donors (Lipinski definition) is 3. The number of rotatable bonds is 5. The third-order valence-corrected chi connectivity index (χ3v) is 2.48. The van der Waals surface area contributed by atoms with Crippen molar-refractivity contribution in [3.8, 4) is 0 Å². The second kappa shape index (κ2) is 5.83. The average molecular weight is 273 g/mol. The number of aliphatic hydroxyl groups is 1. The highest BCUT2D eigenvalue weighted by atomic mass is 19.3. The molecule has 19 heavy (non-hydrogen) atoms. The summed E-state index contributed by atoms with van der Waals surface area (Å²) in [5, 5.41) is 10.9. The van der Waals surface area contributed by atoms with Gasteiger partial charge in [-0.15, -0.1) is 0 Å². The third kappa shape index (κ3) is 4.06. The number of nitrogens with zero attached hydrogens (tertiary/aromatic N) is 1. The first-order chi connectivity index (χ1) is 8.76. The minimum atomic E-state index is -3.24. The normalized spacial score (nSPS) is 11.2. The molecule has 7 heteroatoms. The molecule has 0 spiro atoms. The molecule has 1 amide bonds. The Hall–Kier alpha value is -1.89. The Morgan fingerprint density at radius 2 is 2.11 bits per heavy atom. The van der Waals surface area contributed by atoms with Crippen LogP contribution in [0.1, 0.15) is 10.4 Å². The summed E-state index contributed by atoms with van der Waals surface area (Å²) in [6.45, 7) is -2.01. The molecule has 0 aliphatic carbocycles. The largest absolute Gasteiger partial charge is 0.397 e. The Balaban J connectivity index is 2.89. The zero-order valence-electron chi connectivity index (χ0n) is 10.8. The van der Waals surface area contributed by atoms with Gasteiger partial charge in [0.15, 0.2) is 0 Å². The first-order valence-corrected chi connectivity index (χ1v) is 5.60. The van der Waals surface area contributed by atoms with Crippen LogP contribution in [0.3, 0.4) is 0 Å². The molecule has 0 saturated heterocycles. The van der Waals surface area contributed by atoms with Crippen LogP contribution in [-0.2, 0) is 0 Å². The van der Waals surface area contributed by atoms with Crippen LogP contribution in [0.15, 0.2) is 18.2 Å². The highest BCUT2D eigenvalue weighted by Gasteiger charge is 2.27. The minimum absolute atomic E-state index is 0.237. The van der Waals surface area contributed by atoms with Crippen LogP contribution >= 0.6 is 0 Å². The van der Waals surface area contributed by atoms with E-state index in [1.807, 2.05) is 0 Å². The maximum Gasteiger partial charge on any atom is 0.287 e. The number of aliphatic hydroxyl groups excluding tert-OH is 1. The van der Waals surface area contributed by atoms with Gasteiger partial charge in [0.1, 0.15) is 6.61 Å². The van der Waals surface area contributed by atoms with Gasteiger partial charge in [-0.2, -0.15) is 0 Å². The summed E-state index contributed by atoms with van der Waals surface area (Å²) in [5.74, 6) is -3.49. The van der Waals surface area contributed by atoms with E-state index in [1.165, 1.54) is 23.1 Å². The van der Waals surface area contributed by atoms with E-state index >= 15 is 0 Å². The molecule has 0 unspecified atom stereocenters. The van der Waals surface area contributed by atoms with Crippen molar-refractivity contribution in [1.29, 1.82) is 0 Å². The summed E-state index contributed by atoms with van der Waals surface area (Å²) >= 11 is 0. The first kappa shape index (κ1) is 15.2. The number of amides is 1. The number of benzene rings is 1. The van der Waals surface area contributed by atoms with E-state index in [0.717, 1.165) is 0 Å². The molecule has 1 rings (SSSR count). The van der Waals surface area contributed by atoms with E-state index in [9.17, 15) is 13.6 Å². The number of halogens is 2. The smallest absolute Gasteiger partial charge is 0.287 e. The van der Waals surface area contributed by atoms with Crippen LogP contribution < -0.4 is 11.1 Å². The third-order valence-electron chi connectivity index (χ3n) is 2.48. The van der Waals surface area contributed by atoms with Gasteiger partial charge >= 0.3 is 0 Å². The van der Waals surface area contributed by atoms with Crippen molar-refractivity contribution in [3.63, 3.8) is 0 Å². The van der Waals surface area contributed by atoms with Crippen LogP contribution in [0.4, 0.5) is 20.2 Å². The quantitative estimate of drug-likeness (QED) is 0.700. The average Bonchev–Trinajstić information content (AvgIpc) is 2.37. The van der Waals surface area contributed by atoms with E-state index in [4.69, 9.17) is 10.8 Å². The molecule has 0 aliphatic rings. The molecule has 1 aromatic rings. The molecule has 4 N–H and O–H groups in total. The lowest BCUT2D eigenvalue weighted by atomic mass is 10.1. The van der Waals surface area contributed by atoms with Gasteiger partial charge in [0, 0.05) is 19.7 Å². The van der Waals surface area contributed by atoms with Crippen molar-refractivity contribution in [2.45, 2.75) is 5.92 Å². The molecular weight excluding hydrogens is 256 g/mol. The molecule has 5 nitrogen and oxygen atoms in total. The topological polar surface area (TPSA) is 78.6 Å². The summed E-state index contributed by atoms with van der Waals surface area (Å²) in [4.78, 5) is 13.1. The molecule has 0 fully saturated rings. The van der Waals surface area contributed by atoms with Crippen LogP contribution in [0.5, 0.6) is 0 Å². The maximum absolute atomic E-state index is 12.9. The minimum Gasteiger partial charge on any atom is -0.397 e. The first-order valence-electron chi connectivity index (χ1n) is 5.60. The second-order valence-electron chi connectivity index (χ2n) is 4.37. The van der Waals surface area contributed by atoms with Gasteiger partial charge in [0.2, 0.25) is 0 Å². The number of alkyl halides is 2. The Bertz CT molecular complexity index is 464. The lowest BCUT2D eigenvalue weighted by Crippen LogP contribution is -2.31. The standard InChI is InChI=1S/C12H17F2N3O2/c1-17(2)11(19)8-3-4-9(15)10(5-8)16-6-12(13,14)7-18/h3-5,16,18H,6-7,15H2,1-2H3. The summed E-state index contributed by atoms with van der Waals surface area (Å²) in [6.07, 6.45) is 0. The number of nitrogens with two attached hydrogens (primary N) is 1. The zero-order valence-corrected chi connectivity index (χ0v) is 10.8. The van der Waals surface area contributed by atoms with E-state index in [2.05, 4.69) is 5.32 Å². The fraction of sp³-hybridized carbons (Fsp3) is 0.417. The van der Waals surface area contributed by atoms with Gasteiger partial charge in [-0.05, 0) is 18.2 Å². The van der Waals surface area contributed by atoms with E-state index in [1.54, 1.807) is 14.1 Å². The lowest BCUT2D eigenvalue weighted by Gasteiger charge is -2.17. The predicted molar refractivity (Wildman–Crippen MR) is 69.4 cm³/mol. The summed E-state index contributed by atoms with van der Waals surface area (Å²) in [5.41, 5.74) is 6.47. The highest BCUT2D eigenvalue weighted by molar-refractivity contribution is 5.95. The van der Waals surface area contributed by atoms with Gasteiger partial charge in [0.05, 0.1) is 17.9 Å². The summed E-state index contributed by atoms with van der Waals surface area (Å²) in [6, 6.07) is 4.40. The van der Waals surface area contributed by atoms with Crippen LogP contribution in [0.2, 0.25) is 0 Å². The molecule has 106 valence electrons. The molecule has 0 aliphatic heterocycles. The Morgan fingerprint density at radius 1 is 1.47 bits per heavy atom. The van der Waals surface area contributed by atoms with Crippen LogP contribution in [0, 0.1) is 0 Å². The zero-order chi connectivity index (χ0) is 14.6. The molecule has 0 heterocycles. The molecule has 0 atom stereocenters. The van der Waals surface area contributed by atoms with Crippen LogP contribution in [-0.4, -0.2) is 49.1 Å². The fourth-order valence-corrected chi connectivity index (χ4v) is 1.38. The number of carbonyl (C=O) groups excluding carboxylic acids is 1. The second-order valence-corrected chi connectivity index (χ2v) is 4.37. The molecule has 0 aromatic heterocycles. The van der Waals surface area contributed by atoms with E-state index < -0.39 is 19.1 Å². The molecule has 0 radical (unpaired) electrons. The Kier molecular flexibility index (Phi) is 4.66. The fourth-order valence-electron chi connectivity index (χ4n) is 1.38. The van der Waals surface area contributed by atoms with Crippen molar-refractivity contribution >= 4 is 17.3 Å². The SMILES string of the molecule is CN(C)C(=O)c1ccc(N)c(NCC(F)(F)CO)c1. The monoisotopic (exact) mass is 273 g/mol. The summed E-state index contributed by atoms with van der Waals surface area (Å²) in [7, 11) is 3.18. The number of nitrogens with one attached hydrogen (secondary N) is 1. The van der Waals surface area contributed by atoms with Gasteiger partial charge in [-0.3, -0.25) is 4.79 Å². The van der Waals surface area contributed by atoms with E-state index in [-0.39, 0.29) is 17.3 Å². The molecule has 1 aromatic carbocycles. The Morgan fingerprint density at radius 3 is 2.63 bits per heavy atom. The number of hydrogen-bond acceptors (Lipinski definition) is 4. The molecule has 0 bridgehead atoms. The van der Waals surface area contributed by atoms with Crippen molar-refractivity contribution in [1.82, 2.24) is 4.90 Å². The number of carbonyl (C=O) groups is 1. The highest BCUT2D eigenvalue weighted by Crippen LogP contribution is 2.22. The molecule has 0 saturated carbocycles. The van der Waals surface area contributed by atoms with Gasteiger partial charge < -0.3 is 21.1 Å². The van der Waals surface area contributed by atoms with Gasteiger partial charge in [-0.1, -0.05) is 0 Å². The van der Waals surface area contributed by atoms with Gasteiger partial charge in [-0.25, -0.2) is 8.78 Å². The number of nitrogen functional groups attached to an aromatic ring is 1. The van der Waals surface area contributed by atoms with Crippen molar-refractivity contribution < 1.29 is 18.7 Å². The summed E-state index contributed by atoms with van der Waals surface area (Å²) < 4.78 is 25.9. The predicted octanol–water partition coefficient (Wildman–Crippen LogP) is 1.01.